The van der Waals surface area contributed by atoms with Crippen molar-refractivity contribution in [3.8, 4) is 22.6 Å². The number of aliphatic hydroxyl groups excluding tert-OH is 1. The maximum atomic E-state index is 12.6. The Morgan fingerprint density at radius 1 is 0.769 bits per heavy atom. The molecule has 270 valence electrons. The first-order valence-corrected chi connectivity index (χ1v) is 18.8. The summed E-state index contributed by atoms with van der Waals surface area (Å²) in [4.78, 5) is 28.9. The molecule has 0 bridgehead atoms. The van der Waals surface area contributed by atoms with Crippen LogP contribution in [0.3, 0.4) is 0 Å². The number of nitrogens with one attached hydrogen (secondary N) is 2. The Morgan fingerprint density at radius 3 is 2.06 bits per heavy atom. The molecule has 4 aromatic carbocycles. The predicted molar refractivity (Wildman–Crippen MR) is 203 cm³/mol. The van der Waals surface area contributed by atoms with E-state index in [1.807, 2.05) is 109 Å². The van der Waals surface area contributed by atoms with Crippen LogP contribution < -0.4 is 10.6 Å². The van der Waals surface area contributed by atoms with Crippen LogP contribution in [0.2, 0.25) is 0 Å². The van der Waals surface area contributed by atoms with E-state index >= 15 is 0 Å². The van der Waals surface area contributed by atoms with Crippen LogP contribution in [0.15, 0.2) is 119 Å². The van der Waals surface area contributed by atoms with Gasteiger partial charge in [0.25, 0.3) is 5.22 Å². The number of nitrogens with zero attached hydrogens (tertiary/aromatic N) is 1. The summed E-state index contributed by atoms with van der Waals surface area (Å²) in [6, 6.07) is 35.5. The lowest BCUT2D eigenvalue weighted by molar-refractivity contribution is -0.245. The summed E-state index contributed by atoms with van der Waals surface area (Å²) in [5.41, 5.74) is 6.14. The van der Waals surface area contributed by atoms with Crippen LogP contribution in [-0.4, -0.2) is 40.8 Å². The summed E-state index contributed by atoms with van der Waals surface area (Å²) in [5, 5.41) is 15.8. The summed E-state index contributed by atoms with van der Waals surface area (Å²) in [5.74, 6) is 1.33. The number of rotatable bonds is 16. The first kappa shape index (κ1) is 37.0. The van der Waals surface area contributed by atoms with Gasteiger partial charge in [0.1, 0.15) is 5.69 Å². The van der Waals surface area contributed by atoms with Gasteiger partial charge in [-0.2, -0.15) is 0 Å². The molecule has 1 unspecified atom stereocenters. The number of aromatic nitrogens is 1. The highest BCUT2D eigenvalue weighted by Crippen LogP contribution is 2.41. The van der Waals surface area contributed by atoms with Gasteiger partial charge in [0.15, 0.2) is 12.1 Å². The Labute approximate surface area is 309 Å². The molecule has 0 saturated carbocycles. The Morgan fingerprint density at radius 2 is 1.40 bits per heavy atom. The third kappa shape index (κ3) is 10.2. The molecule has 6 rings (SSSR count). The molecule has 1 fully saturated rings. The molecule has 1 aliphatic heterocycles. The van der Waals surface area contributed by atoms with Crippen LogP contribution in [0.25, 0.3) is 22.6 Å². The van der Waals surface area contributed by atoms with Crippen molar-refractivity contribution in [1.82, 2.24) is 10.3 Å². The van der Waals surface area contributed by atoms with E-state index in [0.29, 0.717) is 35.9 Å². The van der Waals surface area contributed by atoms with E-state index < -0.39 is 6.29 Å². The van der Waals surface area contributed by atoms with Crippen molar-refractivity contribution in [2.24, 2.45) is 0 Å². The molecule has 2 heterocycles. The molecule has 5 aromatic rings. The predicted octanol–water partition coefficient (Wildman–Crippen LogP) is 8.86. The largest absolute Gasteiger partial charge is 0.431 e. The number of benzene rings is 4. The fourth-order valence-electron chi connectivity index (χ4n) is 6.12. The molecule has 52 heavy (non-hydrogen) atoms. The van der Waals surface area contributed by atoms with Crippen molar-refractivity contribution >= 4 is 29.3 Å². The average Bonchev–Trinajstić information content (AvgIpc) is 3.63. The van der Waals surface area contributed by atoms with E-state index in [4.69, 9.17) is 18.9 Å². The standard InChI is InChI=1S/C42H45N3O6S/c1-43-37(47)16-10-2-3-11-17-38(48)44-34-24-22-33(23-25-34)41-49-35(26-36(50-41)30-20-18-29(27-46)19-21-30)28-52-42-45-39(31-12-6-4-7-13-31)40(51-42)32-14-8-5-9-15-32/h4-9,12-15,18-25,35-36,41,46H,2-3,10-11,16-17,26-28H2,1H3,(H,43,47)(H,44,48)/t35-,36?,41+/m1/s1. The number of aliphatic hydroxyl groups is 1. The molecule has 10 heteroatoms. The Balaban J connectivity index is 1.12. The van der Waals surface area contributed by atoms with Gasteiger partial charge in [-0.15, -0.1) is 0 Å². The van der Waals surface area contributed by atoms with Crippen molar-refractivity contribution in [2.75, 3.05) is 18.1 Å². The number of hydrogen-bond donors (Lipinski definition) is 3. The van der Waals surface area contributed by atoms with E-state index in [1.165, 1.54) is 11.8 Å². The van der Waals surface area contributed by atoms with Gasteiger partial charge >= 0.3 is 0 Å². The highest BCUT2D eigenvalue weighted by molar-refractivity contribution is 7.99. The Bertz CT molecular complexity index is 1810. The lowest BCUT2D eigenvalue weighted by atomic mass is 10.0. The number of amides is 2. The van der Waals surface area contributed by atoms with Crippen LogP contribution in [0.5, 0.6) is 0 Å². The van der Waals surface area contributed by atoms with Crippen molar-refractivity contribution in [3.05, 3.63) is 126 Å². The quantitative estimate of drug-likeness (QED) is 0.0683. The van der Waals surface area contributed by atoms with Gasteiger partial charge in [-0.25, -0.2) is 4.98 Å². The van der Waals surface area contributed by atoms with Crippen molar-refractivity contribution in [3.63, 3.8) is 0 Å². The first-order chi connectivity index (χ1) is 25.5. The zero-order valence-electron chi connectivity index (χ0n) is 29.3. The molecular formula is C42H45N3O6S. The van der Waals surface area contributed by atoms with Crippen molar-refractivity contribution < 1.29 is 28.6 Å². The van der Waals surface area contributed by atoms with Crippen LogP contribution in [0.1, 0.15) is 74.0 Å². The molecule has 1 saturated heterocycles. The Hall–Kier alpha value is -4.74. The Kier molecular flexibility index (Phi) is 13.3. The summed E-state index contributed by atoms with van der Waals surface area (Å²) in [6.45, 7) is -0.0229. The van der Waals surface area contributed by atoms with E-state index in [0.717, 1.165) is 65.0 Å². The van der Waals surface area contributed by atoms with Gasteiger partial charge in [-0.1, -0.05) is 122 Å². The van der Waals surface area contributed by atoms with Gasteiger partial charge in [-0.3, -0.25) is 9.59 Å². The molecule has 0 spiro atoms. The highest BCUT2D eigenvalue weighted by atomic mass is 32.2. The highest BCUT2D eigenvalue weighted by Gasteiger charge is 2.33. The zero-order valence-corrected chi connectivity index (χ0v) is 30.1. The normalized spacial score (nSPS) is 17.1. The fraction of sp³-hybridized carbons (Fsp3) is 0.310. The number of anilines is 1. The zero-order chi connectivity index (χ0) is 36.1. The second-order valence-electron chi connectivity index (χ2n) is 12.8. The topological polar surface area (TPSA) is 123 Å². The second kappa shape index (κ2) is 18.7. The minimum absolute atomic E-state index is 0.0229. The lowest BCUT2D eigenvalue weighted by Crippen LogP contribution is -2.31. The van der Waals surface area contributed by atoms with Crippen LogP contribution >= 0.6 is 11.8 Å². The van der Waals surface area contributed by atoms with Crippen LogP contribution in [0, 0.1) is 0 Å². The third-order valence-corrected chi connectivity index (χ3v) is 9.96. The number of carbonyl (C=O) groups is 2. The molecule has 1 aromatic heterocycles. The van der Waals surface area contributed by atoms with Gasteiger partial charge < -0.3 is 29.6 Å². The number of oxazole rings is 1. The SMILES string of the molecule is CNC(=O)CCCCCCC(=O)Nc1ccc([C@@H]2OC(c3ccc(CO)cc3)C[C@H](CSc3nc(-c4ccccc4)c(-c4ccccc4)o3)O2)cc1. The number of unbranched alkanes of at least 4 members (excludes halogenated alkanes) is 3. The molecule has 2 amide bonds. The van der Waals surface area contributed by atoms with Crippen LogP contribution in [-0.2, 0) is 25.7 Å². The first-order valence-electron chi connectivity index (χ1n) is 17.8. The number of thioether (sulfide) groups is 1. The lowest BCUT2D eigenvalue weighted by Gasteiger charge is -2.36. The fourth-order valence-corrected chi connectivity index (χ4v) is 6.96. The molecule has 9 nitrogen and oxygen atoms in total. The average molecular weight is 720 g/mol. The monoisotopic (exact) mass is 719 g/mol. The van der Waals surface area contributed by atoms with Crippen LogP contribution in [0.4, 0.5) is 5.69 Å². The van der Waals surface area contributed by atoms with E-state index in [9.17, 15) is 14.7 Å². The maximum absolute atomic E-state index is 12.6. The maximum Gasteiger partial charge on any atom is 0.256 e. The molecule has 0 radical (unpaired) electrons. The van der Waals surface area contributed by atoms with E-state index in [-0.39, 0.29) is 30.6 Å². The number of carbonyl (C=O) groups excluding carboxylic acids is 2. The van der Waals surface area contributed by atoms with Gasteiger partial charge in [0.2, 0.25) is 11.8 Å². The minimum atomic E-state index is -0.634. The van der Waals surface area contributed by atoms with Gasteiger partial charge in [0.05, 0.1) is 18.8 Å². The van der Waals surface area contributed by atoms with Crippen molar-refractivity contribution in [2.45, 2.75) is 75.3 Å². The minimum Gasteiger partial charge on any atom is -0.431 e. The van der Waals surface area contributed by atoms with E-state index in [1.54, 1.807) is 7.05 Å². The number of ether oxygens (including phenoxy) is 2. The van der Waals surface area contributed by atoms with Gasteiger partial charge in [-0.05, 0) is 36.1 Å². The summed E-state index contributed by atoms with van der Waals surface area (Å²) in [6.07, 6.45) is 3.94. The van der Waals surface area contributed by atoms with Crippen molar-refractivity contribution in [1.29, 1.82) is 0 Å². The van der Waals surface area contributed by atoms with E-state index in [2.05, 4.69) is 10.6 Å². The summed E-state index contributed by atoms with van der Waals surface area (Å²) >= 11 is 1.52. The molecule has 1 aliphatic rings. The molecule has 3 atom stereocenters. The summed E-state index contributed by atoms with van der Waals surface area (Å²) in [7, 11) is 1.64. The smallest absolute Gasteiger partial charge is 0.256 e. The second-order valence-corrected chi connectivity index (χ2v) is 13.8. The molecule has 3 N–H and O–H groups in total. The molecule has 0 aliphatic carbocycles. The third-order valence-electron chi connectivity index (χ3n) is 9.00. The van der Waals surface area contributed by atoms with Gasteiger partial charge in [0, 0.05) is 54.4 Å². The molecular weight excluding hydrogens is 675 g/mol. The number of hydrogen-bond acceptors (Lipinski definition) is 8. The summed E-state index contributed by atoms with van der Waals surface area (Å²) < 4.78 is 19.5.